The third kappa shape index (κ3) is 3.20. The van der Waals surface area contributed by atoms with Gasteiger partial charge in [0.1, 0.15) is 6.61 Å². The molecule has 5 nitrogen and oxygen atoms in total. The zero-order chi connectivity index (χ0) is 16.9. The Labute approximate surface area is 141 Å². The van der Waals surface area contributed by atoms with Gasteiger partial charge in [-0.05, 0) is 29.8 Å². The number of carbonyl (C=O) groups excluding carboxylic acids is 1. The highest BCUT2D eigenvalue weighted by Gasteiger charge is 2.27. The first-order valence-electron chi connectivity index (χ1n) is 7.66. The second-order valence-electron chi connectivity index (χ2n) is 5.28. The van der Waals surface area contributed by atoms with Gasteiger partial charge >= 0.3 is 6.09 Å². The van der Waals surface area contributed by atoms with Gasteiger partial charge in [-0.1, -0.05) is 30.3 Å². The average molecular weight is 325 g/mol. The molecule has 3 rings (SSSR count). The summed E-state index contributed by atoms with van der Waals surface area (Å²) in [6.07, 6.45) is 1.63. The first-order valence-corrected chi connectivity index (χ1v) is 7.66. The number of rotatable bonds is 5. The molecular weight excluding hydrogens is 306 g/mol. The van der Waals surface area contributed by atoms with Gasteiger partial charge in [0.15, 0.2) is 11.5 Å². The molecule has 0 N–H and O–H groups in total. The Morgan fingerprint density at radius 3 is 2.46 bits per heavy atom. The fourth-order valence-electron chi connectivity index (χ4n) is 2.63. The van der Waals surface area contributed by atoms with Crippen molar-refractivity contribution in [2.75, 3.05) is 27.4 Å². The lowest BCUT2D eigenvalue weighted by molar-refractivity contribution is 0.167. The average Bonchev–Trinajstić information content (AvgIpc) is 3.05. The van der Waals surface area contributed by atoms with Gasteiger partial charge in [0.25, 0.3) is 0 Å². The number of carbonyl (C=O) groups is 1. The summed E-state index contributed by atoms with van der Waals surface area (Å²) < 4.78 is 15.8. The van der Waals surface area contributed by atoms with Crippen molar-refractivity contribution in [2.45, 2.75) is 0 Å². The van der Waals surface area contributed by atoms with Gasteiger partial charge in [0.2, 0.25) is 0 Å². The minimum atomic E-state index is -0.341. The molecule has 1 heterocycles. The molecule has 0 bridgehead atoms. The van der Waals surface area contributed by atoms with E-state index in [1.807, 2.05) is 54.6 Å². The maximum Gasteiger partial charge on any atom is 0.414 e. The van der Waals surface area contributed by atoms with Crippen LogP contribution in [0.3, 0.4) is 0 Å². The molecule has 1 amide bonds. The van der Waals surface area contributed by atoms with Crippen LogP contribution < -0.4 is 9.47 Å². The molecule has 2 aromatic carbocycles. The number of nitrogens with zero attached hydrogens (tertiary/aromatic N) is 1. The maximum absolute atomic E-state index is 12.1. The zero-order valence-corrected chi connectivity index (χ0v) is 13.7. The van der Waals surface area contributed by atoms with Crippen molar-refractivity contribution < 1.29 is 19.0 Å². The van der Waals surface area contributed by atoms with E-state index < -0.39 is 0 Å². The summed E-state index contributed by atoms with van der Waals surface area (Å²) in [5, 5.41) is 0. The van der Waals surface area contributed by atoms with Crippen molar-refractivity contribution >= 4 is 17.9 Å². The molecule has 1 saturated heterocycles. The predicted molar refractivity (Wildman–Crippen MR) is 91.9 cm³/mol. The normalized spacial score (nSPS) is 14.5. The van der Waals surface area contributed by atoms with Crippen molar-refractivity contribution in [2.24, 2.45) is 0 Å². The van der Waals surface area contributed by atoms with Gasteiger partial charge in [-0.25, -0.2) is 4.79 Å². The second kappa shape index (κ2) is 7.08. The Hall–Kier alpha value is -2.95. The van der Waals surface area contributed by atoms with Crippen LogP contribution in [0.5, 0.6) is 11.5 Å². The number of ether oxygens (including phenoxy) is 3. The van der Waals surface area contributed by atoms with Crippen molar-refractivity contribution in [3.8, 4) is 11.5 Å². The Bertz CT molecular complexity index is 755. The van der Waals surface area contributed by atoms with Crippen LogP contribution in [0.4, 0.5) is 4.79 Å². The third-order valence-electron chi connectivity index (χ3n) is 3.83. The lowest BCUT2D eigenvalue weighted by Crippen LogP contribution is -2.22. The number of cyclic esters (lactones) is 1. The molecule has 24 heavy (non-hydrogen) atoms. The quantitative estimate of drug-likeness (QED) is 0.787. The van der Waals surface area contributed by atoms with E-state index >= 15 is 0 Å². The highest BCUT2D eigenvalue weighted by atomic mass is 16.6. The van der Waals surface area contributed by atoms with Gasteiger partial charge in [-0.3, -0.25) is 4.90 Å². The molecule has 0 atom stereocenters. The van der Waals surface area contributed by atoms with Crippen molar-refractivity contribution in [3.63, 3.8) is 0 Å². The monoisotopic (exact) mass is 325 g/mol. The summed E-state index contributed by atoms with van der Waals surface area (Å²) in [7, 11) is 3.18. The smallest absolute Gasteiger partial charge is 0.414 e. The lowest BCUT2D eigenvalue weighted by Gasteiger charge is -2.19. The number of hydrogen-bond donors (Lipinski definition) is 0. The van der Waals surface area contributed by atoms with Crippen LogP contribution in [-0.2, 0) is 4.74 Å². The Kier molecular flexibility index (Phi) is 4.70. The lowest BCUT2D eigenvalue weighted by atomic mass is 10.1. The summed E-state index contributed by atoms with van der Waals surface area (Å²) in [6, 6.07) is 15.4. The van der Waals surface area contributed by atoms with E-state index in [2.05, 4.69) is 0 Å². The van der Waals surface area contributed by atoms with Crippen LogP contribution in [0.2, 0.25) is 0 Å². The Balaban J connectivity index is 2.08. The molecule has 1 aliphatic rings. The van der Waals surface area contributed by atoms with Gasteiger partial charge in [-0.2, -0.15) is 0 Å². The van der Waals surface area contributed by atoms with E-state index in [4.69, 9.17) is 14.2 Å². The van der Waals surface area contributed by atoms with Crippen LogP contribution in [0, 0.1) is 0 Å². The van der Waals surface area contributed by atoms with E-state index in [0.29, 0.717) is 24.7 Å². The molecular formula is C19H19NO4. The van der Waals surface area contributed by atoms with Crippen molar-refractivity contribution in [1.82, 2.24) is 4.90 Å². The largest absolute Gasteiger partial charge is 0.493 e. The zero-order valence-electron chi connectivity index (χ0n) is 13.7. The molecule has 5 heteroatoms. The molecule has 0 spiro atoms. The second-order valence-corrected chi connectivity index (χ2v) is 5.28. The summed E-state index contributed by atoms with van der Waals surface area (Å²) in [5.74, 6) is 1.26. The molecule has 1 fully saturated rings. The van der Waals surface area contributed by atoms with Crippen LogP contribution in [-0.4, -0.2) is 38.4 Å². The van der Waals surface area contributed by atoms with Crippen LogP contribution in [0.1, 0.15) is 11.1 Å². The van der Waals surface area contributed by atoms with Gasteiger partial charge in [0.05, 0.1) is 26.5 Å². The summed E-state index contributed by atoms with van der Waals surface area (Å²) in [4.78, 5) is 13.7. The molecule has 0 saturated carbocycles. The molecule has 0 radical (unpaired) electrons. The van der Waals surface area contributed by atoms with E-state index in [-0.39, 0.29) is 6.09 Å². The molecule has 0 unspecified atom stereocenters. The fourth-order valence-corrected chi connectivity index (χ4v) is 2.63. The van der Waals surface area contributed by atoms with Gasteiger partial charge in [0, 0.05) is 5.56 Å². The molecule has 2 aromatic rings. The highest BCUT2D eigenvalue weighted by molar-refractivity contribution is 5.91. The molecule has 0 aromatic heterocycles. The summed E-state index contributed by atoms with van der Waals surface area (Å²) >= 11 is 0. The molecule has 124 valence electrons. The van der Waals surface area contributed by atoms with E-state index in [9.17, 15) is 4.79 Å². The summed E-state index contributed by atoms with van der Waals surface area (Å²) in [6.45, 7) is 0.907. The Morgan fingerprint density at radius 1 is 1.08 bits per heavy atom. The summed E-state index contributed by atoms with van der Waals surface area (Å²) in [5.41, 5.74) is 2.63. The third-order valence-corrected chi connectivity index (χ3v) is 3.83. The standard InChI is InChI=1S/C19H19NO4/c1-22-17-9-8-15(13-18(17)23-2)16(20-10-11-24-19(20)21)12-14-6-4-3-5-7-14/h3-9,12-13H,10-11H2,1-2H3/b16-12-. The van der Waals surface area contributed by atoms with Crippen LogP contribution in [0.25, 0.3) is 11.8 Å². The SMILES string of the molecule is COc1ccc(/C(=C/c2ccccc2)N2CCOC2=O)cc1OC. The number of benzene rings is 2. The number of methoxy groups -OCH3 is 2. The first kappa shape index (κ1) is 15.9. The number of hydrogen-bond acceptors (Lipinski definition) is 4. The van der Waals surface area contributed by atoms with Crippen molar-refractivity contribution in [1.29, 1.82) is 0 Å². The van der Waals surface area contributed by atoms with Gasteiger partial charge < -0.3 is 14.2 Å². The fraction of sp³-hybridized carbons (Fsp3) is 0.211. The predicted octanol–water partition coefficient (Wildman–Crippen LogP) is 3.65. The van der Waals surface area contributed by atoms with E-state index in [0.717, 1.165) is 16.8 Å². The first-order chi connectivity index (χ1) is 11.7. The van der Waals surface area contributed by atoms with Gasteiger partial charge in [-0.15, -0.1) is 0 Å². The minimum Gasteiger partial charge on any atom is -0.493 e. The molecule has 0 aliphatic carbocycles. The topological polar surface area (TPSA) is 48.0 Å². The van der Waals surface area contributed by atoms with Crippen LogP contribution >= 0.6 is 0 Å². The molecule has 1 aliphatic heterocycles. The van der Waals surface area contributed by atoms with Crippen molar-refractivity contribution in [3.05, 3.63) is 59.7 Å². The van der Waals surface area contributed by atoms with E-state index in [1.54, 1.807) is 19.1 Å². The van der Waals surface area contributed by atoms with Crippen LogP contribution in [0.15, 0.2) is 48.5 Å². The Morgan fingerprint density at radius 2 is 1.83 bits per heavy atom. The number of amides is 1. The van der Waals surface area contributed by atoms with E-state index in [1.165, 1.54) is 0 Å². The highest BCUT2D eigenvalue weighted by Crippen LogP contribution is 2.33. The minimum absolute atomic E-state index is 0.341. The maximum atomic E-state index is 12.1.